The number of halogens is 3. The van der Waals surface area contributed by atoms with Crippen LogP contribution < -0.4 is 10.6 Å². The van der Waals surface area contributed by atoms with Crippen molar-refractivity contribution in [2.45, 2.75) is 32.9 Å². The summed E-state index contributed by atoms with van der Waals surface area (Å²) < 4.78 is 40.6. The van der Waals surface area contributed by atoms with E-state index in [1.807, 2.05) is 0 Å². The van der Waals surface area contributed by atoms with E-state index in [4.69, 9.17) is 0 Å². The number of hydrogen-bond acceptors (Lipinski definition) is 4. The molecule has 3 aromatic carbocycles. The predicted octanol–water partition coefficient (Wildman–Crippen LogP) is 6.40. The molecule has 0 aromatic heterocycles. The maximum Gasteiger partial charge on any atom is 0.416 e. The lowest BCUT2D eigenvalue weighted by Crippen LogP contribution is -2.16. The zero-order valence-corrected chi connectivity index (χ0v) is 19.5. The number of carbonyl (C=O) groups is 4. The van der Waals surface area contributed by atoms with Crippen LogP contribution in [0, 0.1) is 0 Å². The van der Waals surface area contributed by atoms with Crippen molar-refractivity contribution in [1.29, 1.82) is 0 Å². The summed E-state index contributed by atoms with van der Waals surface area (Å²) in [6, 6.07) is 14.4. The molecule has 0 heterocycles. The van der Waals surface area contributed by atoms with Crippen molar-refractivity contribution in [3.63, 3.8) is 0 Å². The highest BCUT2D eigenvalue weighted by Crippen LogP contribution is 2.34. The van der Waals surface area contributed by atoms with E-state index in [2.05, 4.69) is 10.6 Å². The second-order valence-electron chi connectivity index (χ2n) is 7.92. The van der Waals surface area contributed by atoms with Crippen LogP contribution in [0.2, 0.25) is 0 Å². The van der Waals surface area contributed by atoms with E-state index in [-0.39, 0.29) is 46.9 Å². The first kappa shape index (κ1) is 26.3. The fourth-order valence-corrected chi connectivity index (χ4v) is 3.42. The summed E-state index contributed by atoms with van der Waals surface area (Å²) in [4.78, 5) is 49.3. The van der Waals surface area contributed by atoms with Gasteiger partial charge in [-0.1, -0.05) is 38.1 Å². The third-order valence-corrected chi connectivity index (χ3v) is 5.31. The minimum Gasteiger partial charge on any atom is -0.322 e. The number of benzene rings is 3. The predicted molar refractivity (Wildman–Crippen MR) is 129 cm³/mol. The summed E-state index contributed by atoms with van der Waals surface area (Å²) in [7, 11) is 0. The molecule has 2 amide bonds. The average molecular weight is 496 g/mol. The van der Waals surface area contributed by atoms with E-state index in [1.54, 1.807) is 26.0 Å². The van der Waals surface area contributed by atoms with Crippen molar-refractivity contribution in [1.82, 2.24) is 0 Å². The molecular formula is C27H23F3N2O4. The van der Waals surface area contributed by atoms with Gasteiger partial charge in [0.25, 0.3) is 11.8 Å². The smallest absolute Gasteiger partial charge is 0.322 e. The zero-order valence-electron chi connectivity index (χ0n) is 19.5. The van der Waals surface area contributed by atoms with E-state index in [1.165, 1.54) is 42.5 Å². The maximum absolute atomic E-state index is 13.5. The van der Waals surface area contributed by atoms with Gasteiger partial charge in [-0.2, -0.15) is 13.2 Å². The molecule has 6 nitrogen and oxygen atoms in total. The van der Waals surface area contributed by atoms with Crippen molar-refractivity contribution < 1.29 is 32.3 Å². The summed E-state index contributed by atoms with van der Waals surface area (Å²) >= 11 is 0. The highest BCUT2D eigenvalue weighted by Gasteiger charge is 2.31. The van der Waals surface area contributed by atoms with E-state index in [0.29, 0.717) is 11.1 Å². The van der Waals surface area contributed by atoms with Crippen LogP contribution in [0.15, 0.2) is 66.7 Å². The van der Waals surface area contributed by atoms with Gasteiger partial charge >= 0.3 is 6.18 Å². The lowest BCUT2D eigenvalue weighted by molar-refractivity contribution is -0.137. The molecule has 186 valence electrons. The van der Waals surface area contributed by atoms with Crippen molar-refractivity contribution in [3.05, 3.63) is 94.5 Å². The van der Waals surface area contributed by atoms with Gasteiger partial charge in [-0.3, -0.25) is 19.2 Å². The topological polar surface area (TPSA) is 92.3 Å². The van der Waals surface area contributed by atoms with Gasteiger partial charge < -0.3 is 10.6 Å². The molecule has 2 N–H and O–H groups in total. The Labute approximate surface area is 205 Å². The van der Waals surface area contributed by atoms with Gasteiger partial charge in [0.05, 0.1) is 5.56 Å². The molecule has 0 fully saturated rings. The fourth-order valence-electron chi connectivity index (χ4n) is 3.42. The Hall–Kier alpha value is -4.27. The van der Waals surface area contributed by atoms with E-state index >= 15 is 0 Å². The van der Waals surface area contributed by atoms with Crippen molar-refractivity contribution >= 4 is 34.8 Å². The second-order valence-corrected chi connectivity index (χ2v) is 7.92. The van der Waals surface area contributed by atoms with Gasteiger partial charge in [0, 0.05) is 46.5 Å². The van der Waals surface area contributed by atoms with Crippen LogP contribution in [0.25, 0.3) is 0 Å². The minimum absolute atomic E-state index is 0.0923. The first-order valence-corrected chi connectivity index (χ1v) is 11.1. The molecular weight excluding hydrogens is 473 g/mol. The molecule has 3 aromatic rings. The lowest BCUT2D eigenvalue weighted by Gasteiger charge is -2.14. The van der Waals surface area contributed by atoms with Crippen molar-refractivity contribution in [2.24, 2.45) is 0 Å². The number of ketones is 2. The maximum atomic E-state index is 13.5. The van der Waals surface area contributed by atoms with Crippen LogP contribution in [-0.4, -0.2) is 23.4 Å². The Morgan fingerprint density at radius 3 is 1.39 bits per heavy atom. The molecule has 36 heavy (non-hydrogen) atoms. The van der Waals surface area contributed by atoms with E-state index < -0.39 is 23.6 Å². The average Bonchev–Trinajstić information content (AvgIpc) is 2.87. The molecule has 0 spiro atoms. The number of anilines is 2. The number of carbonyl (C=O) groups excluding carboxylic acids is 4. The molecule has 3 rings (SSSR count). The summed E-state index contributed by atoms with van der Waals surface area (Å²) in [5.41, 5.74) is -0.679. The Kier molecular flexibility index (Phi) is 8.03. The summed E-state index contributed by atoms with van der Waals surface area (Å²) in [5.74, 6) is -1.80. The minimum atomic E-state index is -4.75. The fraction of sp³-hybridized carbons (Fsp3) is 0.185. The first-order chi connectivity index (χ1) is 17.0. The van der Waals surface area contributed by atoms with Crippen LogP contribution >= 0.6 is 0 Å². The molecule has 0 bridgehead atoms. The van der Waals surface area contributed by atoms with E-state index in [9.17, 15) is 32.3 Å². The highest BCUT2D eigenvalue weighted by molar-refractivity contribution is 6.08. The molecule has 0 saturated heterocycles. The standard InChI is InChI=1S/C27H23F3N2O4/c1-3-23(33)16-7-5-9-18(11-16)25(35)31-21-13-20(27(28,29)30)14-22(15-21)32-26(36)19-10-6-8-17(12-19)24(34)4-2/h5-15H,3-4H2,1-2H3,(H,31,35)(H,32,36). The van der Waals surface area contributed by atoms with Gasteiger partial charge in [-0.05, 0) is 42.5 Å². The Morgan fingerprint density at radius 1 is 0.639 bits per heavy atom. The quantitative estimate of drug-likeness (QED) is 0.353. The number of amides is 2. The van der Waals surface area contributed by atoms with Gasteiger partial charge in [-0.15, -0.1) is 0 Å². The van der Waals surface area contributed by atoms with Crippen LogP contribution in [0.5, 0.6) is 0 Å². The third kappa shape index (κ3) is 6.44. The summed E-state index contributed by atoms with van der Waals surface area (Å²) in [6.45, 7) is 3.34. The lowest BCUT2D eigenvalue weighted by atomic mass is 10.0. The van der Waals surface area contributed by atoms with Gasteiger partial charge in [0.1, 0.15) is 0 Å². The monoisotopic (exact) mass is 496 g/mol. The SMILES string of the molecule is CCC(=O)c1cccc(C(=O)Nc2cc(NC(=O)c3cccc(C(=O)CC)c3)cc(C(F)(F)F)c2)c1. The normalized spacial score (nSPS) is 11.0. The molecule has 0 aliphatic rings. The van der Waals surface area contributed by atoms with Crippen LogP contribution in [0.4, 0.5) is 24.5 Å². The Bertz CT molecular complexity index is 1240. The van der Waals surface area contributed by atoms with Gasteiger partial charge in [0.15, 0.2) is 11.6 Å². The van der Waals surface area contributed by atoms with Gasteiger partial charge in [0.2, 0.25) is 0 Å². The molecule has 0 aliphatic heterocycles. The molecule has 0 atom stereocenters. The second kappa shape index (κ2) is 11.0. The molecule has 0 aliphatic carbocycles. The first-order valence-electron chi connectivity index (χ1n) is 11.1. The van der Waals surface area contributed by atoms with Gasteiger partial charge in [-0.25, -0.2) is 0 Å². The summed E-state index contributed by atoms with van der Waals surface area (Å²) in [5, 5.41) is 4.79. The van der Waals surface area contributed by atoms with Crippen LogP contribution in [0.1, 0.15) is 73.7 Å². The Morgan fingerprint density at radius 2 is 1.03 bits per heavy atom. The molecule has 9 heteroatoms. The number of nitrogens with one attached hydrogen (secondary N) is 2. The van der Waals surface area contributed by atoms with Crippen molar-refractivity contribution in [3.8, 4) is 0 Å². The number of alkyl halides is 3. The molecule has 0 radical (unpaired) electrons. The molecule has 0 saturated carbocycles. The van der Waals surface area contributed by atoms with Crippen LogP contribution in [-0.2, 0) is 6.18 Å². The number of rotatable bonds is 8. The third-order valence-electron chi connectivity index (χ3n) is 5.31. The van der Waals surface area contributed by atoms with Crippen molar-refractivity contribution in [2.75, 3.05) is 10.6 Å². The highest BCUT2D eigenvalue weighted by atomic mass is 19.4. The largest absolute Gasteiger partial charge is 0.416 e. The van der Waals surface area contributed by atoms with E-state index in [0.717, 1.165) is 12.1 Å². The zero-order chi connectivity index (χ0) is 26.5. The molecule has 0 unspecified atom stereocenters. The number of Topliss-reactive ketones (excluding diaryl/α,β-unsaturated/α-hetero) is 2. The van der Waals surface area contributed by atoms with Crippen LogP contribution in [0.3, 0.4) is 0 Å². The number of hydrogen-bond donors (Lipinski definition) is 2. The Balaban J connectivity index is 1.89. The summed E-state index contributed by atoms with van der Waals surface area (Å²) in [6.07, 6.45) is -4.28.